The minimum absolute atomic E-state index is 0.324. The smallest absolute Gasteiger partial charge is 0.128 e. The van der Waals surface area contributed by atoms with Crippen molar-refractivity contribution in [2.24, 2.45) is 0 Å². The second-order valence-corrected chi connectivity index (χ2v) is 4.63. The van der Waals surface area contributed by atoms with Gasteiger partial charge in [0.15, 0.2) is 0 Å². The lowest BCUT2D eigenvalue weighted by Crippen LogP contribution is -2.19. The van der Waals surface area contributed by atoms with Gasteiger partial charge >= 0.3 is 0 Å². The van der Waals surface area contributed by atoms with Crippen LogP contribution < -0.4 is 10.2 Å². The largest absolute Gasteiger partial charge is 0.354 e. The van der Waals surface area contributed by atoms with E-state index in [4.69, 9.17) is 0 Å². The number of rotatable bonds is 5. The van der Waals surface area contributed by atoms with Crippen molar-refractivity contribution in [3.63, 3.8) is 0 Å². The predicted octanol–water partition coefficient (Wildman–Crippen LogP) is 2.39. The number of anilines is 1. The third-order valence-electron chi connectivity index (χ3n) is 3.22. The van der Waals surface area contributed by atoms with Gasteiger partial charge in [0.25, 0.3) is 0 Å². The van der Waals surface area contributed by atoms with Crippen molar-refractivity contribution in [2.45, 2.75) is 19.5 Å². The minimum Gasteiger partial charge on any atom is -0.354 e. The summed E-state index contributed by atoms with van der Waals surface area (Å²) < 4.78 is 0. The molecule has 0 aliphatic rings. The molecular weight excluding hydrogens is 236 g/mol. The molecule has 1 atom stereocenters. The number of hydrogen-bond donors (Lipinski definition) is 1. The normalized spacial score (nSPS) is 12.2. The summed E-state index contributed by atoms with van der Waals surface area (Å²) in [5.41, 5.74) is 2.28. The average Bonchev–Trinajstić information content (AvgIpc) is 2.47. The van der Waals surface area contributed by atoms with Crippen molar-refractivity contribution in [2.75, 3.05) is 19.0 Å². The maximum absolute atomic E-state index is 4.42. The van der Waals surface area contributed by atoms with Gasteiger partial charge in [0.2, 0.25) is 0 Å². The Balaban J connectivity index is 2.13. The van der Waals surface area contributed by atoms with E-state index in [0.717, 1.165) is 18.1 Å². The zero-order valence-corrected chi connectivity index (χ0v) is 11.7. The standard InChI is InChI=1S/C15H20N4/c1-12(16-2)13-7-9-18-15(10-13)19(3)11-14-6-4-5-8-17-14/h4-10,12,16H,11H2,1-3H3. The molecule has 2 rings (SSSR count). The molecule has 0 aliphatic heterocycles. The maximum atomic E-state index is 4.42. The van der Waals surface area contributed by atoms with Crippen LogP contribution in [-0.2, 0) is 6.54 Å². The van der Waals surface area contributed by atoms with E-state index in [2.05, 4.69) is 33.2 Å². The van der Waals surface area contributed by atoms with Crippen molar-refractivity contribution in [3.8, 4) is 0 Å². The summed E-state index contributed by atoms with van der Waals surface area (Å²) >= 11 is 0. The molecule has 1 N–H and O–H groups in total. The monoisotopic (exact) mass is 256 g/mol. The Kier molecular flexibility index (Phi) is 4.47. The van der Waals surface area contributed by atoms with Crippen LogP contribution in [0.25, 0.3) is 0 Å². The van der Waals surface area contributed by atoms with E-state index in [1.807, 2.05) is 50.8 Å². The summed E-state index contributed by atoms with van der Waals surface area (Å²) in [6, 6.07) is 10.4. The fraction of sp³-hybridized carbons (Fsp3) is 0.333. The topological polar surface area (TPSA) is 41.1 Å². The molecule has 0 fully saturated rings. The number of nitrogens with one attached hydrogen (secondary N) is 1. The molecule has 0 aliphatic carbocycles. The molecule has 19 heavy (non-hydrogen) atoms. The van der Waals surface area contributed by atoms with Crippen molar-refractivity contribution < 1.29 is 0 Å². The highest BCUT2D eigenvalue weighted by Crippen LogP contribution is 2.18. The molecule has 0 radical (unpaired) electrons. The Morgan fingerprint density at radius 3 is 2.74 bits per heavy atom. The quantitative estimate of drug-likeness (QED) is 0.892. The van der Waals surface area contributed by atoms with Gasteiger partial charge in [-0.2, -0.15) is 0 Å². The van der Waals surface area contributed by atoms with E-state index in [0.29, 0.717) is 6.04 Å². The van der Waals surface area contributed by atoms with Crippen LogP contribution in [0, 0.1) is 0 Å². The second-order valence-electron chi connectivity index (χ2n) is 4.63. The molecule has 2 aromatic rings. The number of nitrogens with zero attached hydrogens (tertiary/aromatic N) is 3. The summed E-state index contributed by atoms with van der Waals surface area (Å²) in [6.45, 7) is 2.89. The summed E-state index contributed by atoms with van der Waals surface area (Å²) in [6.07, 6.45) is 3.67. The molecule has 2 aromatic heterocycles. The summed E-state index contributed by atoms with van der Waals surface area (Å²) in [5, 5.41) is 3.24. The zero-order valence-electron chi connectivity index (χ0n) is 11.7. The third-order valence-corrected chi connectivity index (χ3v) is 3.22. The second kappa shape index (κ2) is 6.29. The molecule has 0 bridgehead atoms. The van der Waals surface area contributed by atoms with Gasteiger partial charge in [0, 0.05) is 25.5 Å². The Morgan fingerprint density at radius 1 is 1.21 bits per heavy atom. The Labute approximate surface area is 114 Å². The Hall–Kier alpha value is -1.94. The SMILES string of the molecule is CNC(C)c1ccnc(N(C)Cc2ccccn2)c1. The van der Waals surface area contributed by atoms with Gasteiger partial charge in [0.1, 0.15) is 5.82 Å². The highest BCUT2D eigenvalue weighted by atomic mass is 15.2. The lowest BCUT2D eigenvalue weighted by Gasteiger charge is -2.19. The molecule has 100 valence electrons. The first kappa shape index (κ1) is 13.5. The lowest BCUT2D eigenvalue weighted by molar-refractivity contribution is 0.651. The molecule has 0 spiro atoms. The summed E-state index contributed by atoms with van der Waals surface area (Å²) in [5.74, 6) is 0.963. The Morgan fingerprint density at radius 2 is 2.05 bits per heavy atom. The van der Waals surface area contributed by atoms with Gasteiger partial charge in [0.05, 0.1) is 12.2 Å². The van der Waals surface area contributed by atoms with Crippen molar-refractivity contribution in [1.82, 2.24) is 15.3 Å². The average molecular weight is 256 g/mol. The molecule has 0 amide bonds. The Bertz CT molecular complexity index is 513. The molecule has 1 unspecified atom stereocenters. The molecule has 4 heteroatoms. The third kappa shape index (κ3) is 3.51. The van der Waals surface area contributed by atoms with Crippen LogP contribution in [0.1, 0.15) is 24.2 Å². The molecule has 4 nitrogen and oxygen atoms in total. The van der Waals surface area contributed by atoms with Crippen LogP contribution >= 0.6 is 0 Å². The van der Waals surface area contributed by atoms with Gasteiger partial charge < -0.3 is 10.2 Å². The predicted molar refractivity (Wildman–Crippen MR) is 78.1 cm³/mol. The highest BCUT2D eigenvalue weighted by Gasteiger charge is 2.08. The number of hydrogen-bond acceptors (Lipinski definition) is 4. The van der Waals surface area contributed by atoms with Crippen molar-refractivity contribution in [1.29, 1.82) is 0 Å². The number of pyridine rings is 2. The first-order valence-electron chi connectivity index (χ1n) is 6.45. The lowest BCUT2D eigenvalue weighted by atomic mass is 10.1. The van der Waals surface area contributed by atoms with Gasteiger partial charge in [-0.1, -0.05) is 6.07 Å². The van der Waals surface area contributed by atoms with E-state index in [9.17, 15) is 0 Å². The van der Waals surface area contributed by atoms with Crippen LogP contribution in [0.2, 0.25) is 0 Å². The zero-order chi connectivity index (χ0) is 13.7. The molecular formula is C15H20N4. The van der Waals surface area contributed by atoms with Gasteiger partial charge in [-0.3, -0.25) is 4.98 Å². The van der Waals surface area contributed by atoms with E-state index in [1.165, 1.54) is 5.56 Å². The van der Waals surface area contributed by atoms with Gasteiger partial charge in [-0.25, -0.2) is 4.98 Å². The summed E-state index contributed by atoms with van der Waals surface area (Å²) in [4.78, 5) is 10.9. The fourth-order valence-corrected chi connectivity index (χ4v) is 1.89. The number of aromatic nitrogens is 2. The molecule has 0 aromatic carbocycles. The van der Waals surface area contributed by atoms with E-state index < -0.39 is 0 Å². The first-order valence-corrected chi connectivity index (χ1v) is 6.45. The minimum atomic E-state index is 0.324. The van der Waals surface area contributed by atoms with Crippen molar-refractivity contribution >= 4 is 5.82 Å². The maximum Gasteiger partial charge on any atom is 0.128 e. The van der Waals surface area contributed by atoms with Crippen LogP contribution in [0.4, 0.5) is 5.82 Å². The van der Waals surface area contributed by atoms with E-state index in [-0.39, 0.29) is 0 Å². The van der Waals surface area contributed by atoms with Crippen LogP contribution in [0.3, 0.4) is 0 Å². The molecule has 0 saturated carbocycles. The first-order chi connectivity index (χ1) is 9.20. The van der Waals surface area contributed by atoms with E-state index in [1.54, 1.807) is 0 Å². The van der Waals surface area contributed by atoms with Gasteiger partial charge in [-0.05, 0) is 43.8 Å². The highest BCUT2D eigenvalue weighted by molar-refractivity contribution is 5.41. The van der Waals surface area contributed by atoms with Crippen LogP contribution in [-0.4, -0.2) is 24.1 Å². The van der Waals surface area contributed by atoms with Crippen LogP contribution in [0.15, 0.2) is 42.7 Å². The fourth-order valence-electron chi connectivity index (χ4n) is 1.89. The molecule has 0 saturated heterocycles. The summed E-state index contributed by atoms with van der Waals surface area (Å²) in [7, 11) is 3.99. The van der Waals surface area contributed by atoms with Crippen LogP contribution in [0.5, 0.6) is 0 Å². The molecule has 2 heterocycles. The van der Waals surface area contributed by atoms with Gasteiger partial charge in [-0.15, -0.1) is 0 Å². The van der Waals surface area contributed by atoms with Crippen molar-refractivity contribution in [3.05, 3.63) is 54.0 Å². The van der Waals surface area contributed by atoms with E-state index >= 15 is 0 Å².